The van der Waals surface area contributed by atoms with Crippen LogP contribution in [-0.4, -0.2) is 22.7 Å². The van der Waals surface area contributed by atoms with E-state index in [1.54, 1.807) is 6.08 Å². The highest BCUT2D eigenvalue weighted by atomic mass is 32.2. The van der Waals surface area contributed by atoms with Crippen molar-refractivity contribution in [3.05, 3.63) is 108 Å². The molecule has 1 aliphatic heterocycles. The molecule has 1 heterocycles. The lowest BCUT2D eigenvalue weighted by Gasteiger charge is -2.18. The first kappa shape index (κ1) is 22.5. The van der Waals surface area contributed by atoms with E-state index < -0.39 is 5.82 Å². The highest BCUT2D eigenvalue weighted by Crippen LogP contribution is 2.29. The number of carbonyl (C=O) groups excluding carboxylic acids is 2. The van der Waals surface area contributed by atoms with E-state index >= 15 is 0 Å². The molecule has 0 fully saturated rings. The minimum atomic E-state index is -0.397. The predicted molar refractivity (Wildman–Crippen MR) is 131 cm³/mol. The summed E-state index contributed by atoms with van der Waals surface area (Å²) in [7, 11) is 0. The van der Waals surface area contributed by atoms with Crippen LogP contribution in [0.5, 0.6) is 0 Å². The van der Waals surface area contributed by atoms with Crippen molar-refractivity contribution >= 4 is 40.5 Å². The number of thioether (sulfide) groups is 1. The first-order chi connectivity index (χ1) is 16.0. The number of nitrogens with one attached hydrogen (secondary N) is 1. The van der Waals surface area contributed by atoms with Crippen molar-refractivity contribution in [3.8, 4) is 0 Å². The molecule has 1 aliphatic rings. The van der Waals surface area contributed by atoms with Gasteiger partial charge in [-0.15, -0.1) is 0 Å². The van der Waals surface area contributed by atoms with Gasteiger partial charge in [0.15, 0.2) is 5.17 Å². The van der Waals surface area contributed by atoms with Gasteiger partial charge in [-0.1, -0.05) is 72.4 Å². The quantitative estimate of drug-likeness (QED) is 0.517. The molecule has 1 unspecified atom stereocenters. The second-order valence-electron chi connectivity index (χ2n) is 7.44. The molecule has 1 atom stereocenters. The van der Waals surface area contributed by atoms with Crippen LogP contribution in [0.4, 0.5) is 10.1 Å². The summed E-state index contributed by atoms with van der Waals surface area (Å²) in [6.07, 6.45) is 1.70. The second kappa shape index (κ2) is 10.3. The Labute approximate surface area is 196 Å². The van der Waals surface area contributed by atoms with Gasteiger partial charge in [0, 0.05) is 0 Å². The zero-order valence-corrected chi connectivity index (χ0v) is 18.8. The summed E-state index contributed by atoms with van der Waals surface area (Å²) in [5.41, 5.74) is 2.59. The molecule has 0 bridgehead atoms. The van der Waals surface area contributed by atoms with Crippen molar-refractivity contribution in [1.82, 2.24) is 5.32 Å². The molecule has 0 radical (unpaired) electrons. The van der Waals surface area contributed by atoms with Crippen LogP contribution in [0.2, 0.25) is 0 Å². The number of rotatable bonds is 6. The molecule has 33 heavy (non-hydrogen) atoms. The zero-order chi connectivity index (χ0) is 23.2. The molecule has 3 aromatic carbocycles. The summed E-state index contributed by atoms with van der Waals surface area (Å²) in [6, 6.07) is 24.5. The lowest BCUT2D eigenvalue weighted by Crippen LogP contribution is -2.33. The first-order valence-electron chi connectivity index (χ1n) is 10.4. The monoisotopic (exact) mass is 459 g/mol. The number of benzene rings is 3. The Kier molecular flexibility index (Phi) is 7.00. The fourth-order valence-corrected chi connectivity index (χ4v) is 4.18. The third-order valence-electron chi connectivity index (χ3n) is 5.03. The van der Waals surface area contributed by atoms with Gasteiger partial charge in [-0.3, -0.25) is 14.5 Å². The smallest absolute Gasteiger partial charge is 0.283 e. The molecule has 3 aromatic rings. The van der Waals surface area contributed by atoms with Crippen LogP contribution in [0.3, 0.4) is 0 Å². The maximum atomic E-state index is 13.4. The van der Waals surface area contributed by atoms with Crippen molar-refractivity contribution < 1.29 is 14.0 Å². The normalized spacial score (nSPS) is 15.5. The molecule has 5 nitrogen and oxygen atoms in total. The van der Waals surface area contributed by atoms with Gasteiger partial charge in [0.25, 0.3) is 5.91 Å². The molecule has 0 aliphatic carbocycles. The van der Waals surface area contributed by atoms with Gasteiger partial charge in [0.1, 0.15) is 11.5 Å². The van der Waals surface area contributed by atoms with E-state index in [0.29, 0.717) is 10.9 Å². The van der Waals surface area contributed by atoms with Crippen LogP contribution < -0.4 is 10.2 Å². The molecular weight excluding hydrogens is 437 g/mol. The molecular formula is C26H22FN3O2S. The predicted octanol–water partition coefficient (Wildman–Crippen LogP) is 5.18. The SMILES string of the molecule is CC(NC(=O)CSC1=N/C(=C/c2ccccc2)C(=O)N1c1ccc(F)cc1)c1ccccc1. The van der Waals surface area contributed by atoms with E-state index in [0.717, 1.165) is 22.9 Å². The average Bonchev–Trinajstić information content (AvgIpc) is 3.14. The van der Waals surface area contributed by atoms with E-state index in [2.05, 4.69) is 10.3 Å². The van der Waals surface area contributed by atoms with Gasteiger partial charge in [0.2, 0.25) is 5.91 Å². The molecule has 1 N–H and O–H groups in total. The van der Waals surface area contributed by atoms with Gasteiger partial charge in [0.05, 0.1) is 17.5 Å². The number of halogens is 1. The van der Waals surface area contributed by atoms with Gasteiger partial charge < -0.3 is 5.32 Å². The minimum Gasteiger partial charge on any atom is -0.349 e. The van der Waals surface area contributed by atoms with Crippen molar-refractivity contribution in [2.45, 2.75) is 13.0 Å². The summed E-state index contributed by atoms with van der Waals surface area (Å²) in [6.45, 7) is 1.92. The van der Waals surface area contributed by atoms with E-state index in [1.807, 2.05) is 67.6 Å². The molecule has 0 saturated carbocycles. The standard InChI is InChI=1S/C26H22FN3O2S/c1-18(20-10-6-3-7-11-20)28-24(31)17-33-26-29-23(16-19-8-4-2-5-9-19)25(32)30(26)22-14-12-21(27)13-15-22/h2-16,18H,17H2,1H3,(H,28,31)/b23-16+. The van der Waals surface area contributed by atoms with Gasteiger partial charge in [-0.2, -0.15) is 0 Å². The number of carbonyl (C=O) groups is 2. The van der Waals surface area contributed by atoms with Crippen molar-refractivity contribution in [1.29, 1.82) is 0 Å². The zero-order valence-electron chi connectivity index (χ0n) is 17.9. The van der Waals surface area contributed by atoms with E-state index in [-0.39, 0.29) is 29.3 Å². The molecule has 0 spiro atoms. The number of anilines is 1. The summed E-state index contributed by atoms with van der Waals surface area (Å²) >= 11 is 1.16. The molecule has 0 aromatic heterocycles. The van der Waals surface area contributed by atoms with Crippen molar-refractivity contribution in [2.24, 2.45) is 4.99 Å². The summed E-state index contributed by atoms with van der Waals surface area (Å²) < 4.78 is 13.4. The van der Waals surface area contributed by atoms with E-state index in [1.165, 1.54) is 29.2 Å². The highest BCUT2D eigenvalue weighted by molar-refractivity contribution is 8.14. The van der Waals surface area contributed by atoms with Crippen LogP contribution >= 0.6 is 11.8 Å². The average molecular weight is 460 g/mol. The number of nitrogens with zero attached hydrogens (tertiary/aromatic N) is 2. The number of amides is 2. The number of hydrogen-bond acceptors (Lipinski definition) is 4. The largest absolute Gasteiger partial charge is 0.349 e. The Bertz CT molecular complexity index is 1200. The van der Waals surface area contributed by atoms with Crippen molar-refractivity contribution in [3.63, 3.8) is 0 Å². The van der Waals surface area contributed by atoms with Crippen LogP contribution in [0, 0.1) is 5.82 Å². The topological polar surface area (TPSA) is 61.8 Å². The van der Waals surface area contributed by atoms with Gasteiger partial charge >= 0.3 is 0 Å². The van der Waals surface area contributed by atoms with Crippen molar-refractivity contribution in [2.75, 3.05) is 10.7 Å². The minimum absolute atomic E-state index is 0.0829. The summed E-state index contributed by atoms with van der Waals surface area (Å²) in [5, 5.41) is 3.33. The third-order valence-corrected chi connectivity index (χ3v) is 5.97. The maximum Gasteiger partial charge on any atom is 0.283 e. The second-order valence-corrected chi connectivity index (χ2v) is 8.38. The molecule has 0 saturated heterocycles. The molecule has 4 rings (SSSR count). The fraction of sp³-hybridized carbons (Fsp3) is 0.115. The molecule has 2 amide bonds. The Morgan fingerprint density at radius 3 is 2.33 bits per heavy atom. The Balaban J connectivity index is 1.52. The van der Waals surface area contributed by atoms with Gasteiger partial charge in [-0.25, -0.2) is 9.38 Å². The Hall–Kier alpha value is -3.71. The number of aliphatic imine (C=N–C) groups is 1. The fourth-order valence-electron chi connectivity index (χ4n) is 3.36. The highest BCUT2D eigenvalue weighted by Gasteiger charge is 2.32. The molecule has 7 heteroatoms. The number of hydrogen-bond donors (Lipinski definition) is 1. The third kappa shape index (κ3) is 5.56. The summed E-state index contributed by atoms with van der Waals surface area (Å²) in [5.74, 6) is -0.817. The van der Waals surface area contributed by atoms with Crippen LogP contribution in [0.25, 0.3) is 6.08 Å². The van der Waals surface area contributed by atoms with E-state index in [4.69, 9.17) is 0 Å². The van der Waals surface area contributed by atoms with Gasteiger partial charge in [-0.05, 0) is 48.4 Å². The first-order valence-corrected chi connectivity index (χ1v) is 11.4. The van der Waals surface area contributed by atoms with Crippen LogP contribution in [0.15, 0.2) is 95.6 Å². The lowest BCUT2D eigenvalue weighted by atomic mass is 10.1. The van der Waals surface area contributed by atoms with Crippen LogP contribution in [-0.2, 0) is 9.59 Å². The molecule has 166 valence electrons. The maximum absolute atomic E-state index is 13.4. The van der Waals surface area contributed by atoms with E-state index in [9.17, 15) is 14.0 Å². The summed E-state index contributed by atoms with van der Waals surface area (Å²) in [4.78, 5) is 31.6. The van der Waals surface area contributed by atoms with Crippen LogP contribution in [0.1, 0.15) is 24.1 Å². The Morgan fingerprint density at radius 2 is 1.67 bits per heavy atom. The number of amidine groups is 1. The lowest BCUT2D eigenvalue weighted by molar-refractivity contribution is -0.119. The Morgan fingerprint density at radius 1 is 1.03 bits per heavy atom.